The number of halogens is 4. The molecule has 4 aromatic rings. The van der Waals surface area contributed by atoms with E-state index in [1.807, 2.05) is 0 Å². The van der Waals surface area contributed by atoms with Crippen LogP contribution in [0, 0.1) is 0 Å². The van der Waals surface area contributed by atoms with Crippen LogP contribution in [0.1, 0.15) is 23.6 Å². The normalized spacial score (nSPS) is 13.1. The van der Waals surface area contributed by atoms with Gasteiger partial charge in [-0.15, -0.1) is 11.3 Å². The summed E-state index contributed by atoms with van der Waals surface area (Å²) in [5, 5.41) is 1.93. The molecular weight excluding hydrogens is 447 g/mol. The van der Waals surface area contributed by atoms with E-state index < -0.39 is 17.0 Å². The average molecular weight is 458 g/mol. The fourth-order valence-corrected chi connectivity index (χ4v) is 4.74. The molecule has 5 nitrogen and oxygen atoms in total. The maximum atomic E-state index is 12.8. The van der Waals surface area contributed by atoms with Crippen molar-refractivity contribution in [3.63, 3.8) is 0 Å². The van der Waals surface area contributed by atoms with Crippen LogP contribution >= 0.6 is 34.7 Å². The molecule has 0 aliphatic heterocycles. The zero-order valence-electron chi connectivity index (χ0n) is 14.6. The van der Waals surface area contributed by atoms with E-state index in [1.165, 1.54) is 17.6 Å². The standard InChI is InChI=1S/C18H11ClF3N3O2S2/c1-8(29-16-11(19)5-9(6-23-16)18(20,21)22)14-24-15(26)13-10(7-28-17(13)25-14)12-3-2-4-27-12/h2-8H,1H3,(H,24,25,26)/t8-/m1/s1. The first-order valence-electron chi connectivity index (χ1n) is 8.18. The summed E-state index contributed by atoms with van der Waals surface area (Å²) in [5.74, 6) is 0.942. The van der Waals surface area contributed by atoms with Crippen LogP contribution in [0.25, 0.3) is 21.5 Å². The molecule has 0 aromatic carbocycles. The summed E-state index contributed by atoms with van der Waals surface area (Å²) >= 11 is 8.38. The van der Waals surface area contributed by atoms with Gasteiger partial charge in [-0.2, -0.15) is 13.2 Å². The topological polar surface area (TPSA) is 71.8 Å². The Bertz CT molecular complexity index is 1240. The Hall–Kier alpha value is -2.30. The number of hydrogen-bond acceptors (Lipinski definition) is 6. The molecule has 11 heteroatoms. The van der Waals surface area contributed by atoms with Crippen molar-refractivity contribution in [2.75, 3.05) is 0 Å². The van der Waals surface area contributed by atoms with Crippen LogP contribution in [0.4, 0.5) is 13.2 Å². The van der Waals surface area contributed by atoms with Crippen molar-refractivity contribution in [3.8, 4) is 11.3 Å². The third-order valence-electron chi connectivity index (χ3n) is 4.06. The lowest BCUT2D eigenvalue weighted by Crippen LogP contribution is -2.12. The molecule has 0 aliphatic carbocycles. The summed E-state index contributed by atoms with van der Waals surface area (Å²) in [6.07, 6.45) is -2.27. The van der Waals surface area contributed by atoms with Crippen molar-refractivity contribution < 1.29 is 17.6 Å². The average Bonchev–Trinajstić information content (AvgIpc) is 3.31. The van der Waals surface area contributed by atoms with E-state index in [0.29, 0.717) is 27.4 Å². The zero-order chi connectivity index (χ0) is 20.8. The lowest BCUT2D eigenvalue weighted by atomic mass is 10.2. The minimum Gasteiger partial charge on any atom is -0.464 e. The number of aromatic nitrogens is 3. The first kappa shape index (κ1) is 20.0. The van der Waals surface area contributed by atoms with Gasteiger partial charge in [0.25, 0.3) is 5.56 Å². The first-order valence-corrected chi connectivity index (χ1v) is 10.3. The molecule has 1 atom stereocenters. The number of furan rings is 1. The highest BCUT2D eigenvalue weighted by molar-refractivity contribution is 7.99. The number of H-pyrrole nitrogens is 1. The Morgan fingerprint density at radius 1 is 1.38 bits per heavy atom. The molecule has 0 spiro atoms. The fraction of sp³-hybridized carbons (Fsp3) is 0.167. The second kappa shape index (κ2) is 7.51. The van der Waals surface area contributed by atoms with Crippen LogP contribution in [0.15, 0.2) is 50.3 Å². The van der Waals surface area contributed by atoms with E-state index in [4.69, 9.17) is 16.0 Å². The monoisotopic (exact) mass is 457 g/mol. The molecule has 150 valence electrons. The van der Waals surface area contributed by atoms with Crippen LogP contribution in [0.3, 0.4) is 0 Å². The number of thioether (sulfide) groups is 1. The van der Waals surface area contributed by atoms with E-state index in [0.717, 1.165) is 24.0 Å². The Balaban J connectivity index is 1.64. The number of pyridine rings is 1. The molecule has 29 heavy (non-hydrogen) atoms. The van der Waals surface area contributed by atoms with Gasteiger partial charge in [0.1, 0.15) is 21.4 Å². The quantitative estimate of drug-likeness (QED) is 0.371. The van der Waals surface area contributed by atoms with Crippen molar-refractivity contribution in [1.29, 1.82) is 0 Å². The van der Waals surface area contributed by atoms with Crippen LogP contribution in [0.2, 0.25) is 5.02 Å². The summed E-state index contributed by atoms with van der Waals surface area (Å²) in [4.78, 5) is 24.2. The van der Waals surface area contributed by atoms with Gasteiger partial charge >= 0.3 is 6.18 Å². The van der Waals surface area contributed by atoms with E-state index in [9.17, 15) is 18.0 Å². The maximum Gasteiger partial charge on any atom is 0.417 e. The van der Waals surface area contributed by atoms with Crippen molar-refractivity contribution in [3.05, 3.63) is 62.8 Å². The van der Waals surface area contributed by atoms with Gasteiger partial charge in [0.15, 0.2) is 0 Å². The van der Waals surface area contributed by atoms with Gasteiger partial charge < -0.3 is 9.40 Å². The number of nitrogens with zero attached hydrogens (tertiary/aromatic N) is 2. The molecule has 4 aromatic heterocycles. The predicted octanol–water partition coefficient (Wildman–Crippen LogP) is 6.17. The highest BCUT2D eigenvalue weighted by Crippen LogP contribution is 2.39. The van der Waals surface area contributed by atoms with Crippen LogP contribution in [0.5, 0.6) is 0 Å². The number of nitrogens with one attached hydrogen (secondary N) is 1. The molecule has 0 unspecified atom stereocenters. The van der Waals surface area contributed by atoms with Gasteiger partial charge in [0.05, 0.1) is 27.5 Å². The Morgan fingerprint density at radius 2 is 2.17 bits per heavy atom. The van der Waals surface area contributed by atoms with Crippen LogP contribution in [-0.4, -0.2) is 15.0 Å². The second-order valence-corrected chi connectivity index (χ2v) is 8.62. The van der Waals surface area contributed by atoms with Gasteiger partial charge in [-0.25, -0.2) is 9.97 Å². The van der Waals surface area contributed by atoms with E-state index in [1.54, 1.807) is 24.4 Å². The predicted molar refractivity (Wildman–Crippen MR) is 106 cm³/mol. The van der Waals surface area contributed by atoms with Crippen molar-refractivity contribution >= 4 is 44.9 Å². The summed E-state index contributed by atoms with van der Waals surface area (Å²) in [6, 6.07) is 4.32. The van der Waals surface area contributed by atoms with Crippen molar-refractivity contribution in [2.24, 2.45) is 0 Å². The number of alkyl halides is 3. The fourth-order valence-electron chi connectivity index (χ4n) is 2.66. The van der Waals surface area contributed by atoms with Crippen molar-refractivity contribution in [1.82, 2.24) is 15.0 Å². The smallest absolute Gasteiger partial charge is 0.417 e. The third kappa shape index (κ3) is 3.92. The number of rotatable bonds is 4. The number of aromatic amines is 1. The van der Waals surface area contributed by atoms with E-state index in [2.05, 4.69) is 15.0 Å². The molecule has 0 fully saturated rings. The lowest BCUT2D eigenvalue weighted by molar-refractivity contribution is -0.137. The van der Waals surface area contributed by atoms with Gasteiger partial charge in [0.2, 0.25) is 0 Å². The van der Waals surface area contributed by atoms with Gasteiger partial charge in [-0.1, -0.05) is 23.4 Å². The largest absolute Gasteiger partial charge is 0.464 e. The van der Waals surface area contributed by atoms with Crippen LogP contribution in [-0.2, 0) is 6.18 Å². The third-order valence-corrected chi connectivity index (χ3v) is 6.45. The number of thiophene rings is 1. The molecule has 0 amide bonds. The van der Waals surface area contributed by atoms with E-state index in [-0.39, 0.29) is 15.6 Å². The zero-order valence-corrected chi connectivity index (χ0v) is 17.0. The maximum absolute atomic E-state index is 12.8. The van der Waals surface area contributed by atoms with E-state index >= 15 is 0 Å². The molecule has 1 N–H and O–H groups in total. The number of fused-ring (bicyclic) bond motifs is 1. The molecule has 0 saturated carbocycles. The Morgan fingerprint density at radius 3 is 2.83 bits per heavy atom. The molecule has 0 aliphatic rings. The molecule has 4 rings (SSSR count). The molecule has 0 radical (unpaired) electrons. The Labute approximate surface area is 175 Å². The minimum absolute atomic E-state index is 0.115. The highest BCUT2D eigenvalue weighted by atomic mass is 35.5. The first-order chi connectivity index (χ1) is 13.7. The second-order valence-electron chi connectivity index (χ2n) is 6.03. The van der Waals surface area contributed by atoms with Crippen molar-refractivity contribution in [2.45, 2.75) is 23.4 Å². The molecular formula is C18H11ClF3N3O2S2. The summed E-state index contributed by atoms with van der Waals surface area (Å²) in [5.41, 5.74) is -0.587. The summed E-state index contributed by atoms with van der Waals surface area (Å²) in [6.45, 7) is 1.76. The van der Waals surface area contributed by atoms with Gasteiger partial charge in [-0.3, -0.25) is 4.79 Å². The molecule has 4 heterocycles. The van der Waals surface area contributed by atoms with Gasteiger partial charge in [0, 0.05) is 17.1 Å². The highest BCUT2D eigenvalue weighted by Gasteiger charge is 2.32. The Kier molecular flexibility index (Phi) is 5.18. The minimum atomic E-state index is -4.52. The molecule has 0 saturated heterocycles. The summed E-state index contributed by atoms with van der Waals surface area (Å²) in [7, 11) is 0. The van der Waals surface area contributed by atoms with Crippen LogP contribution < -0.4 is 5.56 Å². The number of hydrogen-bond donors (Lipinski definition) is 1. The van der Waals surface area contributed by atoms with Gasteiger partial charge in [-0.05, 0) is 25.1 Å². The summed E-state index contributed by atoms with van der Waals surface area (Å²) < 4.78 is 43.7. The lowest BCUT2D eigenvalue weighted by Gasteiger charge is -2.12. The SMILES string of the molecule is C[C@@H](Sc1ncc(C(F)(F)F)cc1Cl)c1nc2scc(-c3ccco3)c2c(=O)[nH]1. The molecule has 0 bridgehead atoms.